The zero-order valence-electron chi connectivity index (χ0n) is 12.5. The number of hydrogen-bond donors (Lipinski definition) is 2. The highest BCUT2D eigenvalue weighted by atomic mass is 32.2. The number of carbonyl (C=O) groups excluding carboxylic acids is 1. The lowest BCUT2D eigenvalue weighted by atomic mass is 10.2. The highest BCUT2D eigenvalue weighted by Gasteiger charge is 2.32. The van der Waals surface area contributed by atoms with E-state index < -0.39 is 33.2 Å². The fraction of sp³-hybridized carbons (Fsp3) is 0.462. The summed E-state index contributed by atoms with van der Waals surface area (Å²) in [6.07, 6.45) is -4.56. The molecule has 9 heteroatoms. The number of benzene rings is 1. The molecule has 0 aliphatic carbocycles. The highest BCUT2D eigenvalue weighted by molar-refractivity contribution is 7.91. The summed E-state index contributed by atoms with van der Waals surface area (Å²) in [4.78, 5) is 11.5. The Balaban J connectivity index is 3.27. The van der Waals surface area contributed by atoms with Crippen molar-refractivity contribution in [2.45, 2.75) is 37.4 Å². The molecule has 1 atom stereocenters. The number of anilines is 1. The maximum atomic E-state index is 12.7. The molecular weight excluding hydrogens is 321 g/mol. The molecule has 1 aromatic carbocycles. The van der Waals surface area contributed by atoms with Gasteiger partial charge in [0.25, 0.3) is 0 Å². The summed E-state index contributed by atoms with van der Waals surface area (Å²) in [5, 5.41) is 2.13. The molecule has 22 heavy (non-hydrogen) atoms. The van der Waals surface area contributed by atoms with Crippen LogP contribution in [0.15, 0.2) is 23.1 Å². The van der Waals surface area contributed by atoms with Crippen LogP contribution < -0.4 is 5.32 Å². The quantitative estimate of drug-likeness (QED) is 0.852. The smallest absolute Gasteiger partial charge is 0.416 e. The van der Waals surface area contributed by atoms with Crippen LogP contribution in [-0.2, 0) is 20.6 Å². The summed E-state index contributed by atoms with van der Waals surface area (Å²) in [6, 6.07) is 2.27. The third kappa shape index (κ3) is 5.21. The van der Waals surface area contributed by atoms with Gasteiger partial charge in [0.2, 0.25) is 0 Å². The first kappa shape index (κ1) is 18.3. The molecular formula is C13H17F3N2O3S. The first-order valence-corrected chi connectivity index (χ1v) is 8.12. The minimum Gasteiger partial charge on any atom is -0.444 e. The van der Waals surface area contributed by atoms with Gasteiger partial charge in [-0.1, -0.05) is 0 Å². The van der Waals surface area contributed by atoms with Crippen LogP contribution in [0.25, 0.3) is 0 Å². The lowest BCUT2D eigenvalue weighted by Gasteiger charge is -2.21. The average Bonchev–Trinajstić information content (AvgIpc) is 2.23. The Kier molecular flexibility index (Phi) is 4.81. The van der Waals surface area contributed by atoms with Crippen molar-refractivity contribution in [2.75, 3.05) is 11.6 Å². The van der Waals surface area contributed by atoms with Crippen LogP contribution in [0.3, 0.4) is 0 Å². The Bertz CT molecular complexity index is 677. The molecule has 0 aromatic heterocycles. The molecule has 1 aromatic rings. The molecule has 0 bridgehead atoms. The Morgan fingerprint density at radius 3 is 2.23 bits per heavy atom. The lowest BCUT2D eigenvalue weighted by Crippen LogP contribution is -2.27. The van der Waals surface area contributed by atoms with Gasteiger partial charge in [-0.2, -0.15) is 13.2 Å². The molecule has 0 fully saturated rings. The number of halogens is 3. The number of hydrogen-bond acceptors (Lipinski definition) is 4. The van der Waals surface area contributed by atoms with Crippen LogP contribution in [0.5, 0.6) is 0 Å². The first-order valence-electron chi connectivity index (χ1n) is 6.15. The summed E-state index contributed by atoms with van der Waals surface area (Å²) in [5.74, 6) is 0. The molecule has 5 nitrogen and oxygen atoms in total. The van der Waals surface area contributed by atoms with Crippen LogP contribution >= 0.6 is 0 Å². The van der Waals surface area contributed by atoms with Gasteiger partial charge in [-0.05, 0) is 39.0 Å². The van der Waals surface area contributed by atoms with Gasteiger partial charge >= 0.3 is 12.3 Å². The molecule has 0 heterocycles. The molecule has 124 valence electrons. The SMILES string of the molecule is CC(C)(C)OC(=O)Nc1cc(C(F)(F)F)ccc1S(C)(=N)=O. The lowest BCUT2D eigenvalue weighted by molar-refractivity contribution is -0.137. The van der Waals surface area contributed by atoms with Crippen molar-refractivity contribution in [3.63, 3.8) is 0 Å². The molecule has 1 unspecified atom stereocenters. The Morgan fingerprint density at radius 2 is 1.82 bits per heavy atom. The number of ether oxygens (including phenoxy) is 1. The van der Waals surface area contributed by atoms with Crippen molar-refractivity contribution < 1.29 is 26.9 Å². The van der Waals surface area contributed by atoms with E-state index in [2.05, 4.69) is 5.32 Å². The molecule has 0 radical (unpaired) electrons. The normalized spacial score (nSPS) is 15.0. The van der Waals surface area contributed by atoms with E-state index in [1.165, 1.54) is 0 Å². The summed E-state index contributed by atoms with van der Waals surface area (Å²) < 4.78 is 62.5. The summed E-state index contributed by atoms with van der Waals surface area (Å²) >= 11 is 0. The fourth-order valence-corrected chi connectivity index (χ4v) is 2.41. The fourth-order valence-electron chi connectivity index (χ4n) is 1.56. The molecule has 2 N–H and O–H groups in total. The molecule has 0 saturated carbocycles. The Labute approximate surface area is 126 Å². The maximum absolute atomic E-state index is 12.7. The number of nitrogens with one attached hydrogen (secondary N) is 2. The van der Waals surface area contributed by atoms with Gasteiger partial charge in [0.1, 0.15) is 5.60 Å². The molecule has 0 spiro atoms. The molecule has 1 rings (SSSR count). The van der Waals surface area contributed by atoms with Gasteiger partial charge in [-0.3, -0.25) is 5.32 Å². The zero-order chi connectivity index (χ0) is 17.3. The molecule has 1 amide bonds. The second-order valence-corrected chi connectivity index (χ2v) is 7.81. The van der Waals surface area contributed by atoms with Crippen LogP contribution in [0.2, 0.25) is 0 Å². The Morgan fingerprint density at radius 1 is 1.27 bits per heavy atom. The van der Waals surface area contributed by atoms with Crippen LogP contribution in [0, 0.1) is 4.78 Å². The van der Waals surface area contributed by atoms with E-state index in [9.17, 15) is 22.2 Å². The second kappa shape index (κ2) is 5.79. The number of amides is 1. The summed E-state index contributed by atoms with van der Waals surface area (Å²) in [7, 11) is -3.32. The minimum absolute atomic E-state index is 0.202. The Hall–Kier alpha value is -1.77. The third-order valence-electron chi connectivity index (χ3n) is 2.36. The maximum Gasteiger partial charge on any atom is 0.416 e. The van der Waals surface area contributed by atoms with E-state index in [1.807, 2.05) is 0 Å². The van der Waals surface area contributed by atoms with Gasteiger partial charge in [-0.15, -0.1) is 0 Å². The van der Waals surface area contributed by atoms with Crippen LogP contribution in [0.1, 0.15) is 26.3 Å². The third-order valence-corrected chi connectivity index (χ3v) is 3.56. The number of carbonyl (C=O) groups is 1. The van der Waals surface area contributed by atoms with Gasteiger partial charge in [-0.25, -0.2) is 13.8 Å². The van der Waals surface area contributed by atoms with Gasteiger partial charge in [0.15, 0.2) is 0 Å². The largest absolute Gasteiger partial charge is 0.444 e. The van der Waals surface area contributed by atoms with Crippen LogP contribution in [0.4, 0.5) is 23.7 Å². The highest BCUT2D eigenvalue weighted by Crippen LogP contribution is 2.33. The van der Waals surface area contributed by atoms with E-state index in [-0.39, 0.29) is 10.6 Å². The number of rotatable bonds is 2. The van der Waals surface area contributed by atoms with Gasteiger partial charge in [0.05, 0.1) is 25.9 Å². The number of alkyl halides is 3. The van der Waals surface area contributed by atoms with E-state index in [0.717, 1.165) is 12.3 Å². The van der Waals surface area contributed by atoms with Gasteiger partial charge < -0.3 is 4.74 Å². The average molecular weight is 338 g/mol. The topological polar surface area (TPSA) is 79.2 Å². The summed E-state index contributed by atoms with van der Waals surface area (Å²) in [6.45, 7) is 4.77. The van der Waals surface area contributed by atoms with Crippen molar-refractivity contribution >= 4 is 21.5 Å². The van der Waals surface area contributed by atoms with Gasteiger partial charge in [0, 0.05) is 6.26 Å². The van der Waals surface area contributed by atoms with E-state index in [1.54, 1.807) is 20.8 Å². The molecule has 0 saturated heterocycles. The molecule has 0 aliphatic heterocycles. The van der Waals surface area contributed by atoms with Crippen molar-refractivity contribution in [2.24, 2.45) is 0 Å². The van der Waals surface area contributed by atoms with Crippen molar-refractivity contribution in [3.8, 4) is 0 Å². The van der Waals surface area contributed by atoms with Crippen molar-refractivity contribution in [1.82, 2.24) is 0 Å². The zero-order valence-corrected chi connectivity index (χ0v) is 13.3. The molecule has 0 aliphatic rings. The van der Waals surface area contributed by atoms with E-state index in [4.69, 9.17) is 9.52 Å². The predicted octanol–water partition coefficient (Wildman–Crippen LogP) is 4.09. The van der Waals surface area contributed by atoms with E-state index >= 15 is 0 Å². The monoisotopic (exact) mass is 338 g/mol. The standard InChI is InChI=1S/C13H17F3N2O3S/c1-12(2,3)21-11(19)18-9-7-8(13(14,15)16)5-6-10(9)22(4,17)20/h5-7,17H,1-4H3,(H,18,19). The van der Waals surface area contributed by atoms with Crippen molar-refractivity contribution in [1.29, 1.82) is 4.78 Å². The van der Waals surface area contributed by atoms with Crippen LogP contribution in [-0.4, -0.2) is 22.2 Å². The van der Waals surface area contributed by atoms with Crippen molar-refractivity contribution in [3.05, 3.63) is 23.8 Å². The summed E-state index contributed by atoms with van der Waals surface area (Å²) in [5.41, 5.74) is -2.22. The minimum atomic E-state index is -4.63. The van der Waals surface area contributed by atoms with E-state index in [0.29, 0.717) is 12.1 Å². The second-order valence-electron chi connectivity index (χ2n) is 5.68. The first-order chi connectivity index (χ1) is 9.70. The predicted molar refractivity (Wildman–Crippen MR) is 76.4 cm³/mol.